The number of aliphatic hydroxyl groups is 1. The molecule has 0 aromatic heterocycles. The molecule has 0 radical (unpaired) electrons. The number of nitrogens with zero attached hydrogens (tertiary/aromatic N) is 1. The Bertz CT molecular complexity index is 315. The highest BCUT2D eigenvalue weighted by atomic mass is 127. The second-order valence-electron chi connectivity index (χ2n) is 6.99. The molecule has 1 aliphatic rings. The molecule has 1 rings (SSSR count). The van der Waals surface area contributed by atoms with E-state index in [1.165, 1.54) is 6.42 Å². The van der Waals surface area contributed by atoms with Crippen molar-refractivity contribution >= 4 is 29.9 Å². The Balaban J connectivity index is 0.00000361. The summed E-state index contributed by atoms with van der Waals surface area (Å²) in [6, 6.07) is 0. The first-order chi connectivity index (χ1) is 8.77. The summed E-state index contributed by atoms with van der Waals surface area (Å²) in [5, 5.41) is 16.8. The lowest BCUT2D eigenvalue weighted by molar-refractivity contribution is 0.00715. The van der Waals surface area contributed by atoms with Gasteiger partial charge in [-0.15, -0.1) is 24.0 Å². The minimum absolute atomic E-state index is 0. The first kappa shape index (κ1) is 20.0. The zero-order valence-electron chi connectivity index (χ0n) is 13.6. The highest BCUT2D eigenvalue weighted by Gasteiger charge is 2.35. The predicted octanol–water partition coefficient (Wildman–Crippen LogP) is 2.90. The fourth-order valence-electron chi connectivity index (χ4n) is 2.49. The van der Waals surface area contributed by atoms with Crippen LogP contribution in [0.25, 0.3) is 0 Å². The van der Waals surface area contributed by atoms with Crippen molar-refractivity contribution in [3.8, 4) is 0 Å². The van der Waals surface area contributed by atoms with Gasteiger partial charge in [-0.05, 0) is 40.5 Å². The van der Waals surface area contributed by atoms with E-state index in [2.05, 4.69) is 50.2 Å². The maximum Gasteiger partial charge on any atom is 0.191 e. The topological polar surface area (TPSA) is 56.7 Å². The van der Waals surface area contributed by atoms with E-state index in [0.29, 0.717) is 6.54 Å². The molecule has 2 unspecified atom stereocenters. The third-order valence-electron chi connectivity index (χ3n) is 3.72. The fraction of sp³-hybridized carbons (Fsp3) is 0.933. The van der Waals surface area contributed by atoms with Crippen molar-refractivity contribution in [1.29, 1.82) is 0 Å². The Morgan fingerprint density at radius 1 is 1.35 bits per heavy atom. The molecule has 5 heteroatoms. The Kier molecular flexibility index (Phi) is 8.40. The van der Waals surface area contributed by atoms with Crippen molar-refractivity contribution in [3.63, 3.8) is 0 Å². The van der Waals surface area contributed by atoms with E-state index in [9.17, 15) is 5.11 Å². The first-order valence-electron chi connectivity index (χ1n) is 7.51. The molecule has 1 aliphatic carbocycles. The normalized spacial score (nSPS) is 27.7. The number of halogens is 1. The van der Waals surface area contributed by atoms with Crippen LogP contribution in [0.15, 0.2) is 4.99 Å². The van der Waals surface area contributed by atoms with E-state index >= 15 is 0 Å². The number of hydrogen-bond donors (Lipinski definition) is 3. The van der Waals surface area contributed by atoms with Crippen LogP contribution in [0.3, 0.4) is 0 Å². The summed E-state index contributed by atoms with van der Waals surface area (Å²) >= 11 is 0. The van der Waals surface area contributed by atoms with Crippen molar-refractivity contribution in [1.82, 2.24) is 10.6 Å². The van der Waals surface area contributed by atoms with Crippen LogP contribution in [-0.4, -0.2) is 35.8 Å². The van der Waals surface area contributed by atoms with Crippen molar-refractivity contribution in [2.45, 2.75) is 71.9 Å². The minimum atomic E-state index is -0.220. The van der Waals surface area contributed by atoms with Gasteiger partial charge in [-0.1, -0.05) is 19.8 Å². The Morgan fingerprint density at radius 2 is 2.00 bits per heavy atom. The highest BCUT2D eigenvalue weighted by molar-refractivity contribution is 14.0. The summed E-state index contributed by atoms with van der Waals surface area (Å²) in [6.07, 6.45) is 4.09. The van der Waals surface area contributed by atoms with E-state index in [0.717, 1.165) is 31.8 Å². The molecule has 2 atom stereocenters. The molecular formula is C15H32IN3O. The lowest BCUT2D eigenvalue weighted by Gasteiger charge is -2.37. The largest absolute Gasteiger partial charge is 0.392 e. The van der Waals surface area contributed by atoms with Crippen LogP contribution >= 0.6 is 24.0 Å². The van der Waals surface area contributed by atoms with Gasteiger partial charge in [0, 0.05) is 17.5 Å². The minimum Gasteiger partial charge on any atom is -0.392 e. The zero-order valence-corrected chi connectivity index (χ0v) is 16.0. The van der Waals surface area contributed by atoms with Gasteiger partial charge in [0.05, 0.1) is 12.6 Å². The molecule has 0 amide bonds. The quantitative estimate of drug-likeness (QED) is 0.390. The van der Waals surface area contributed by atoms with E-state index in [1.807, 2.05) is 0 Å². The Labute approximate surface area is 141 Å². The van der Waals surface area contributed by atoms with Gasteiger partial charge in [0.25, 0.3) is 0 Å². The molecule has 1 fully saturated rings. The molecule has 120 valence electrons. The second kappa shape index (κ2) is 8.41. The second-order valence-corrected chi connectivity index (χ2v) is 6.99. The van der Waals surface area contributed by atoms with Crippen LogP contribution in [0, 0.1) is 5.41 Å². The van der Waals surface area contributed by atoms with E-state index in [4.69, 9.17) is 0 Å². The van der Waals surface area contributed by atoms with Gasteiger partial charge < -0.3 is 15.7 Å². The highest BCUT2D eigenvalue weighted by Crippen LogP contribution is 2.36. The lowest BCUT2D eigenvalue weighted by Crippen LogP contribution is -2.48. The molecular weight excluding hydrogens is 365 g/mol. The maximum absolute atomic E-state index is 10.2. The molecule has 0 bridgehead atoms. The van der Waals surface area contributed by atoms with Crippen LogP contribution < -0.4 is 10.6 Å². The van der Waals surface area contributed by atoms with Crippen molar-refractivity contribution in [3.05, 3.63) is 0 Å². The average molecular weight is 397 g/mol. The number of nitrogens with one attached hydrogen (secondary N) is 2. The molecule has 0 spiro atoms. The van der Waals surface area contributed by atoms with Crippen molar-refractivity contribution in [2.24, 2.45) is 10.4 Å². The van der Waals surface area contributed by atoms with E-state index in [1.54, 1.807) is 0 Å². The van der Waals surface area contributed by atoms with Crippen molar-refractivity contribution in [2.75, 3.05) is 13.1 Å². The summed E-state index contributed by atoms with van der Waals surface area (Å²) in [5.74, 6) is 0.842. The molecule has 0 saturated heterocycles. The van der Waals surface area contributed by atoms with Gasteiger partial charge in [-0.25, -0.2) is 0 Å². The number of guanidine groups is 1. The number of hydrogen-bond acceptors (Lipinski definition) is 2. The standard InChI is InChI=1S/C15H31N3O.HI/c1-6-16-13(18-14(2,3)4)17-11-15(5)10-8-7-9-12(15)19;/h12,19H,6-11H2,1-5H3,(H2,16,17,18);1H. The van der Waals surface area contributed by atoms with Crippen molar-refractivity contribution < 1.29 is 5.11 Å². The van der Waals surface area contributed by atoms with Crippen LogP contribution in [0.5, 0.6) is 0 Å². The van der Waals surface area contributed by atoms with Gasteiger partial charge in [0.15, 0.2) is 5.96 Å². The van der Waals surface area contributed by atoms with Crippen LogP contribution in [0.1, 0.15) is 60.3 Å². The average Bonchev–Trinajstić information content (AvgIpc) is 2.29. The van der Waals surface area contributed by atoms with Gasteiger partial charge >= 0.3 is 0 Å². The summed E-state index contributed by atoms with van der Waals surface area (Å²) < 4.78 is 0. The fourth-order valence-corrected chi connectivity index (χ4v) is 2.49. The Morgan fingerprint density at radius 3 is 2.50 bits per heavy atom. The summed E-state index contributed by atoms with van der Waals surface area (Å²) in [4.78, 5) is 4.68. The molecule has 0 aromatic carbocycles. The molecule has 20 heavy (non-hydrogen) atoms. The molecule has 1 saturated carbocycles. The number of aliphatic imine (C=N–C) groups is 1. The zero-order chi connectivity index (χ0) is 14.5. The van der Waals surface area contributed by atoms with Gasteiger partial charge in [-0.3, -0.25) is 4.99 Å². The smallest absolute Gasteiger partial charge is 0.191 e. The van der Waals surface area contributed by atoms with Gasteiger partial charge in [0.1, 0.15) is 0 Å². The molecule has 0 aliphatic heterocycles. The first-order valence-corrected chi connectivity index (χ1v) is 7.51. The monoisotopic (exact) mass is 397 g/mol. The molecule has 4 nitrogen and oxygen atoms in total. The number of aliphatic hydroxyl groups excluding tert-OH is 1. The van der Waals surface area contributed by atoms with E-state index < -0.39 is 0 Å². The van der Waals surface area contributed by atoms with Gasteiger partial charge in [0.2, 0.25) is 0 Å². The maximum atomic E-state index is 10.2. The van der Waals surface area contributed by atoms with Crippen LogP contribution in [-0.2, 0) is 0 Å². The number of rotatable bonds is 3. The van der Waals surface area contributed by atoms with Crippen LogP contribution in [0.4, 0.5) is 0 Å². The third kappa shape index (κ3) is 6.61. The van der Waals surface area contributed by atoms with Crippen LogP contribution in [0.2, 0.25) is 0 Å². The van der Waals surface area contributed by atoms with E-state index in [-0.39, 0.29) is 41.0 Å². The molecule has 3 N–H and O–H groups in total. The Hall–Kier alpha value is -0.0400. The SMILES string of the molecule is CCNC(=NCC1(C)CCCCC1O)NC(C)(C)C.I. The molecule has 0 aromatic rings. The molecule has 0 heterocycles. The third-order valence-corrected chi connectivity index (χ3v) is 3.72. The summed E-state index contributed by atoms with van der Waals surface area (Å²) in [7, 11) is 0. The summed E-state index contributed by atoms with van der Waals surface area (Å²) in [5.41, 5.74) is -0.0778. The lowest BCUT2D eigenvalue weighted by atomic mass is 9.73. The predicted molar refractivity (Wildman–Crippen MR) is 96.9 cm³/mol. The summed E-state index contributed by atoms with van der Waals surface area (Å²) in [6.45, 7) is 12.1. The van der Waals surface area contributed by atoms with Gasteiger partial charge in [-0.2, -0.15) is 0 Å².